The SMILES string of the molecule is Fc1cc(F)c(F)c([B-](c2c(F)c(F)cc(F)c2F)(c2c(F)c(F)cc(F)c2F)c2c(F)c(F)c(C(c3ccccc3)(c3ccccc3)c3ccccc3)c(F)c2F)c1F. The summed E-state index contributed by atoms with van der Waals surface area (Å²) >= 11 is 0. The summed E-state index contributed by atoms with van der Waals surface area (Å²) in [6.07, 6.45) is -6.72. The molecule has 7 aromatic carbocycles. The average molecular weight is 849 g/mol. The van der Waals surface area contributed by atoms with Crippen LogP contribution in [-0.4, -0.2) is 6.15 Å². The van der Waals surface area contributed by atoms with Gasteiger partial charge in [0.05, 0.1) is 5.41 Å². The summed E-state index contributed by atoms with van der Waals surface area (Å²) in [5.74, 6) is -46.7. The maximum absolute atomic E-state index is 17.7. The number of hydrogen-bond acceptors (Lipinski definition) is 0. The van der Waals surface area contributed by atoms with E-state index in [0.29, 0.717) is 0 Å². The first-order chi connectivity index (χ1) is 28.4. The van der Waals surface area contributed by atoms with Crippen LogP contribution in [-0.2, 0) is 5.41 Å². The van der Waals surface area contributed by atoms with Crippen LogP contribution in [0.1, 0.15) is 22.3 Å². The smallest absolute Gasteiger partial charge is 0.163 e. The van der Waals surface area contributed by atoms with E-state index in [4.69, 9.17) is 0 Å². The van der Waals surface area contributed by atoms with E-state index in [-0.39, 0.29) is 16.7 Å². The first-order valence-corrected chi connectivity index (χ1v) is 17.1. The van der Waals surface area contributed by atoms with Gasteiger partial charge in [-0.05, 0) is 16.7 Å². The van der Waals surface area contributed by atoms with Crippen molar-refractivity contribution < 1.29 is 70.2 Å². The fourth-order valence-electron chi connectivity index (χ4n) is 8.14. The van der Waals surface area contributed by atoms with Gasteiger partial charge in [0, 0.05) is 23.8 Å². The van der Waals surface area contributed by atoms with Gasteiger partial charge in [0.1, 0.15) is 52.7 Å². The van der Waals surface area contributed by atoms with Crippen LogP contribution in [0, 0.1) is 93.1 Å². The quantitative estimate of drug-likeness (QED) is 0.0619. The molecule has 0 saturated carbocycles. The van der Waals surface area contributed by atoms with Crippen molar-refractivity contribution in [2.45, 2.75) is 5.41 Å². The molecule has 0 N–H and O–H groups in total. The number of rotatable bonds is 8. The van der Waals surface area contributed by atoms with E-state index in [9.17, 15) is 0 Å². The van der Waals surface area contributed by atoms with Crippen LogP contribution >= 0.6 is 0 Å². The minimum Gasteiger partial charge on any atom is -0.207 e. The van der Waals surface area contributed by atoms with Crippen LogP contribution in [0.15, 0.2) is 109 Å². The zero-order chi connectivity index (χ0) is 43.6. The van der Waals surface area contributed by atoms with Crippen molar-refractivity contribution in [1.82, 2.24) is 0 Å². The van der Waals surface area contributed by atoms with Crippen LogP contribution in [0.3, 0.4) is 0 Å². The Morgan fingerprint density at radius 2 is 0.483 bits per heavy atom. The van der Waals surface area contributed by atoms with Crippen LogP contribution in [0.2, 0.25) is 0 Å². The van der Waals surface area contributed by atoms with Crippen molar-refractivity contribution >= 4 is 28.0 Å². The molecule has 0 aliphatic rings. The molecule has 0 heterocycles. The molecule has 0 saturated heterocycles. The Balaban J connectivity index is 1.85. The summed E-state index contributed by atoms with van der Waals surface area (Å²) in [6, 6.07) is 17.5. The predicted octanol–water partition coefficient (Wildman–Crippen LogP) is 9.67. The molecule has 60 heavy (non-hydrogen) atoms. The van der Waals surface area contributed by atoms with Crippen LogP contribution < -0.4 is 21.9 Å². The Morgan fingerprint density at radius 3 is 0.717 bits per heavy atom. The minimum absolute atomic E-state index is 0.193. The number of hydrogen-bond donors (Lipinski definition) is 0. The molecule has 0 nitrogen and oxygen atoms in total. The van der Waals surface area contributed by atoms with Crippen molar-refractivity contribution in [3.8, 4) is 0 Å². The largest absolute Gasteiger partial charge is 0.207 e. The molecule has 0 aliphatic heterocycles. The molecule has 7 rings (SSSR count). The van der Waals surface area contributed by atoms with E-state index >= 15 is 70.2 Å². The average Bonchev–Trinajstić information content (AvgIpc) is 3.23. The Labute approximate surface area is 327 Å². The summed E-state index contributed by atoms with van der Waals surface area (Å²) in [6.45, 7) is 0. The Kier molecular flexibility index (Phi) is 10.6. The van der Waals surface area contributed by atoms with Gasteiger partial charge in [0.15, 0.2) is 46.5 Å². The second kappa shape index (κ2) is 15.3. The molecule has 0 amide bonds. The van der Waals surface area contributed by atoms with Crippen LogP contribution in [0.25, 0.3) is 0 Å². The van der Waals surface area contributed by atoms with E-state index in [1.54, 1.807) is 0 Å². The molecule has 306 valence electrons. The molecule has 0 aromatic heterocycles. The van der Waals surface area contributed by atoms with Gasteiger partial charge in [-0.15, -0.1) is 21.9 Å². The molecule has 7 aromatic rings. The first-order valence-electron chi connectivity index (χ1n) is 17.1. The van der Waals surface area contributed by atoms with E-state index in [1.165, 1.54) is 91.0 Å². The van der Waals surface area contributed by atoms with Gasteiger partial charge in [0.2, 0.25) is 0 Å². The molecule has 0 spiro atoms. The van der Waals surface area contributed by atoms with Crippen molar-refractivity contribution in [3.63, 3.8) is 0 Å². The molecule has 0 fully saturated rings. The topological polar surface area (TPSA) is 0 Å². The maximum Gasteiger partial charge on any atom is 0.163 e. The second-order valence-corrected chi connectivity index (χ2v) is 13.4. The van der Waals surface area contributed by atoms with Gasteiger partial charge in [-0.2, -0.15) is 0 Å². The highest BCUT2D eigenvalue weighted by molar-refractivity contribution is 7.20. The van der Waals surface area contributed by atoms with E-state index in [0.717, 1.165) is 0 Å². The minimum atomic E-state index is -6.72. The van der Waals surface area contributed by atoms with Gasteiger partial charge in [-0.3, -0.25) is 0 Å². The summed E-state index contributed by atoms with van der Waals surface area (Å²) in [7, 11) is 0. The third kappa shape index (κ3) is 5.87. The zero-order valence-electron chi connectivity index (χ0n) is 29.5. The lowest BCUT2D eigenvalue weighted by molar-refractivity contribution is 0.431. The molecular formula is C43H18BF16-. The zero-order valence-corrected chi connectivity index (χ0v) is 29.5. The third-order valence-corrected chi connectivity index (χ3v) is 10.5. The monoisotopic (exact) mass is 849 g/mol. The summed E-state index contributed by atoms with van der Waals surface area (Å²) in [5, 5.41) is 0. The summed E-state index contributed by atoms with van der Waals surface area (Å²) < 4.78 is 259. The standard InChI is InChI=1S/C43H18BF16/c45-22-16-23(46)34(52)29(33(22)51)44(30-35(53)24(47)17-25(48)36(30)54,31-37(55)26(49)18-27(50)38(31)56)32-41(59)39(57)28(40(58)42(32)60)43(19-10-4-1-5-11-19,20-12-6-2-7-13-20)21-14-8-3-9-15-21/h1-18H/q-1. The van der Waals surface area contributed by atoms with Crippen LogP contribution in [0.5, 0.6) is 0 Å². The lowest BCUT2D eigenvalue weighted by Gasteiger charge is -2.45. The van der Waals surface area contributed by atoms with E-state index < -0.39 is 150 Å². The Hall–Kier alpha value is -6.52. The second-order valence-electron chi connectivity index (χ2n) is 13.4. The van der Waals surface area contributed by atoms with Gasteiger partial charge in [-0.1, -0.05) is 91.0 Å². The van der Waals surface area contributed by atoms with Gasteiger partial charge in [-0.25, -0.2) is 70.2 Å². The Morgan fingerprint density at radius 1 is 0.267 bits per heavy atom. The molecule has 17 heteroatoms. The first kappa shape index (κ1) is 41.6. The van der Waals surface area contributed by atoms with Crippen molar-refractivity contribution in [2.75, 3.05) is 0 Å². The molecule has 0 unspecified atom stereocenters. The van der Waals surface area contributed by atoms with Gasteiger partial charge < -0.3 is 0 Å². The molecule has 0 radical (unpaired) electrons. The number of halogens is 16. The highest BCUT2D eigenvalue weighted by atomic mass is 19.2. The highest BCUT2D eigenvalue weighted by Gasteiger charge is 2.53. The third-order valence-electron chi connectivity index (χ3n) is 10.5. The fraction of sp³-hybridized carbons (Fsp3) is 0.0233. The highest BCUT2D eigenvalue weighted by Crippen LogP contribution is 2.48. The van der Waals surface area contributed by atoms with E-state index in [1.807, 2.05) is 0 Å². The predicted molar refractivity (Wildman–Crippen MR) is 188 cm³/mol. The van der Waals surface area contributed by atoms with Gasteiger partial charge >= 0.3 is 0 Å². The lowest BCUT2D eigenvalue weighted by atomic mass is 9.12. The van der Waals surface area contributed by atoms with Crippen molar-refractivity contribution in [3.05, 3.63) is 225 Å². The summed E-state index contributed by atoms with van der Waals surface area (Å²) in [5.41, 5.74) is -17.0. The number of benzene rings is 7. The van der Waals surface area contributed by atoms with Crippen molar-refractivity contribution in [1.29, 1.82) is 0 Å². The summed E-state index contributed by atoms with van der Waals surface area (Å²) in [4.78, 5) is 0. The van der Waals surface area contributed by atoms with Crippen molar-refractivity contribution in [2.24, 2.45) is 0 Å². The molecule has 0 atom stereocenters. The lowest BCUT2D eigenvalue weighted by Crippen LogP contribution is -2.81. The molecular weight excluding hydrogens is 831 g/mol. The van der Waals surface area contributed by atoms with Gasteiger partial charge in [0.25, 0.3) is 0 Å². The normalized spacial score (nSPS) is 12.0. The fourth-order valence-corrected chi connectivity index (χ4v) is 8.14. The Bertz CT molecular complexity index is 2470. The molecule has 0 aliphatic carbocycles. The molecule has 0 bridgehead atoms. The maximum atomic E-state index is 17.7. The van der Waals surface area contributed by atoms with E-state index in [2.05, 4.69) is 0 Å². The van der Waals surface area contributed by atoms with Crippen LogP contribution in [0.4, 0.5) is 70.2 Å².